The minimum absolute atomic E-state index is 0.154. The Balaban J connectivity index is 2.24. The Hall–Kier alpha value is -0.680. The van der Waals surface area contributed by atoms with Crippen LogP contribution in [0.2, 0.25) is 0 Å². The topological polar surface area (TPSA) is 46.3 Å². The quantitative estimate of drug-likeness (QED) is 0.639. The maximum absolute atomic E-state index is 11.9. The zero-order valence-electron chi connectivity index (χ0n) is 11.9. The average molecular weight is 298 g/mol. The van der Waals surface area contributed by atoms with E-state index < -0.39 is 0 Å². The summed E-state index contributed by atoms with van der Waals surface area (Å²) in [6.45, 7) is 2.96. The lowest BCUT2D eigenvalue weighted by molar-refractivity contribution is 0.0992. The summed E-state index contributed by atoms with van der Waals surface area (Å²) in [7, 11) is 2.11. The Bertz CT molecular complexity index is 466. The van der Waals surface area contributed by atoms with E-state index in [1.165, 1.54) is 19.3 Å². The molecule has 1 saturated carbocycles. The van der Waals surface area contributed by atoms with Gasteiger partial charge in [0.1, 0.15) is 5.00 Å². The van der Waals surface area contributed by atoms with Gasteiger partial charge in [-0.3, -0.25) is 4.79 Å². The number of thiophene rings is 1. The Kier molecular flexibility index (Phi) is 4.79. The molecule has 1 aromatic rings. The Labute approximate surface area is 123 Å². The van der Waals surface area contributed by atoms with Gasteiger partial charge in [0.05, 0.1) is 15.5 Å². The lowest BCUT2D eigenvalue weighted by atomic mass is 9.85. The van der Waals surface area contributed by atoms with Crippen LogP contribution >= 0.6 is 23.1 Å². The fourth-order valence-electron chi connectivity index (χ4n) is 2.38. The standard InChI is InChI=1S/C14H22N2OS2/c1-4-10(17)12-11(15)13(18-3)14(19-12)16(2)8-9-6-5-7-9/h9H,4-8,15H2,1-3H3. The van der Waals surface area contributed by atoms with Crippen molar-refractivity contribution in [1.82, 2.24) is 0 Å². The van der Waals surface area contributed by atoms with E-state index in [-0.39, 0.29) is 5.78 Å². The van der Waals surface area contributed by atoms with Crippen molar-refractivity contribution in [2.24, 2.45) is 5.92 Å². The maximum Gasteiger partial charge on any atom is 0.174 e. The molecule has 0 amide bonds. The first-order valence-electron chi connectivity index (χ1n) is 6.79. The summed E-state index contributed by atoms with van der Waals surface area (Å²) in [5, 5.41) is 1.16. The zero-order chi connectivity index (χ0) is 14.0. The molecular formula is C14H22N2OS2. The molecule has 1 aliphatic rings. The van der Waals surface area contributed by atoms with Gasteiger partial charge in [0.2, 0.25) is 0 Å². The van der Waals surface area contributed by atoms with Crippen LogP contribution in [-0.4, -0.2) is 25.6 Å². The third-order valence-electron chi connectivity index (χ3n) is 3.76. The van der Waals surface area contributed by atoms with Crippen LogP contribution in [0.5, 0.6) is 0 Å². The summed E-state index contributed by atoms with van der Waals surface area (Å²) in [6.07, 6.45) is 6.57. The number of ketones is 1. The van der Waals surface area contributed by atoms with Crippen molar-refractivity contribution in [2.45, 2.75) is 37.5 Å². The Morgan fingerprint density at radius 3 is 2.68 bits per heavy atom. The number of carbonyl (C=O) groups excluding carboxylic acids is 1. The van der Waals surface area contributed by atoms with Crippen molar-refractivity contribution in [1.29, 1.82) is 0 Å². The molecule has 1 aliphatic carbocycles. The first-order valence-corrected chi connectivity index (χ1v) is 8.83. The maximum atomic E-state index is 11.9. The second kappa shape index (κ2) is 6.18. The van der Waals surface area contributed by atoms with Crippen LogP contribution in [0, 0.1) is 5.92 Å². The van der Waals surface area contributed by atoms with Crippen molar-refractivity contribution in [3.05, 3.63) is 4.88 Å². The molecule has 1 fully saturated rings. The molecular weight excluding hydrogens is 276 g/mol. The number of hydrogen-bond acceptors (Lipinski definition) is 5. The Morgan fingerprint density at radius 1 is 1.53 bits per heavy atom. The van der Waals surface area contributed by atoms with E-state index in [1.807, 2.05) is 13.2 Å². The molecule has 2 N–H and O–H groups in total. The number of anilines is 2. The van der Waals surface area contributed by atoms with Gasteiger partial charge in [0.25, 0.3) is 0 Å². The fraction of sp³-hybridized carbons (Fsp3) is 0.643. The van der Waals surface area contributed by atoms with Gasteiger partial charge in [-0.1, -0.05) is 13.3 Å². The molecule has 1 heterocycles. The molecule has 0 aromatic carbocycles. The highest BCUT2D eigenvalue weighted by atomic mass is 32.2. The van der Waals surface area contributed by atoms with Gasteiger partial charge in [-0.15, -0.1) is 23.1 Å². The molecule has 0 bridgehead atoms. The molecule has 106 valence electrons. The van der Waals surface area contributed by atoms with Crippen LogP contribution in [-0.2, 0) is 0 Å². The molecule has 0 atom stereocenters. The van der Waals surface area contributed by atoms with Gasteiger partial charge in [-0.05, 0) is 25.0 Å². The van der Waals surface area contributed by atoms with Crippen LogP contribution in [0.1, 0.15) is 42.3 Å². The summed E-state index contributed by atoms with van der Waals surface area (Å²) in [6, 6.07) is 0. The number of rotatable bonds is 6. The van der Waals surface area contributed by atoms with Gasteiger partial charge in [0, 0.05) is 20.0 Å². The van der Waals surface area contributed by atoms with E-state index in [4.69, 9.17) is 5.73 Å². The smallest absolute Gasteiger partial charge is 0.174 e. The number of thioether (sulfide) groups is 1. The lowest BCUT2D eigenvalue weighted by Gasteiger charge is -2.31. The molecule has 19 heavy (non-hydrogen) atoms. The van der Waals surface area contributed by atoms with Crippen LogP contribution in [0.4, 0.5) is 10.7 Å². The fourth-order valence-corrected chi connectivity index (χ4v) is 4.57. The molecule has 0 spiro atoms. The number of nitrogen functional groups attached to an aromatic ring is 1. The van der Waals surface area contributed by atoms with Crippen LogP contribution in [0.25, 0.3) is 0 Å². The number of Topliss-reactive ketones (excluding diaryl/α,β-unsaturated/α-hetero) is 1. The summed E-state index contributed by atoms with van der Waals surface area (Å²) >= 11 is 3.20. The van der Waals surface area contributed by atoms with Gasteiger partial charge >= 0.3 is 0 Å². The molecule has 0 saturated heterocycles. The summed E-state index contributed by atoms with van der Waals surface area (Å²) in [5.41, 5.74) is 6.83. The normalized spacial score (nSPS) is 15.3. The minimum atomic E-state index is 0.154. The van der Waals surface area contributed by atoms with Crippen LogP contribution < -0.4 is 10.6 Å². The van der Waals surface area contributed by atoms with Crippen molar-refractivity contribution in [3.8, 4) is 0 Å². The molecule has 2 rings (SSSR count). The highest BCUT2D eigenvalue weighted by molar-refractivity contribution is 7.99. The summed E-state index contributed by atoms with van der Waals surface area (Å²) < 4.78 is 0. The third-order valence-corrected chi connectivity index (χ3v) is 6.08. The Morgan fingerprint density at radius 2 is 2.21 bits per heavy atom. The van der Waals surface area contributed by atoms with Crippen molar-refractivity contribution in [2.75, 3.05) is 30.5 Å². The predicted octanol–water partition coefficient (Wildman–Crippen LogP) is 3.88. The van der Waals surface area contributed by atoms with Crippen LogP contribution in [0.15, 0.2) is 4.90 Å². The second-order valence-corrected chi connectivity index (χ2v) is 6.95. The number of carbonyl (C=O) groups is 1. The van der Waals surface area contributed by atoms with Crippen molar-refractivity contribution < 1.29 is 4.79 Å². The number of nitrogens with zero attached hydrogens (tertiary/aromatic N) is 1. The molecule has 5 heteroatoms. The van der Waals surface area contributed by atoms with E-state index in [0.29, 0.717) is 12.1 Å². The predicted molar refractivity (Wildman–Crippen MR) is 85.7 cm³/mol. The summed E-state index contributed by atoms with van der Waals surface area (Å²) in [4.78, 5) is 16.0. The van der Waals surface area contributed by atoms with Gasteiger partial charge in [-0.25, -0.2) is 0 Å². The molecule has 0 aliphatic heterocycles. The molecule has 0 radical (unpaired) electrons. The molecule has 1 aromatic heterocycles. The highest BCUT2D eigenvalue weighted by Gasteiger charge is 2.25. The van der Waals surface area contributed by atoms with E-state index in [2.05, 4.69) is 11.9 Å². The van der Waals surface area contributed by atoms with E-state index in [1.54, 1.807) is 23.1 Å². The third kappa shape index (κ3) is 2.92. The average Bonchev–Trinajstić information content (AvgIpc) is 2.69. The monoisotopic (exact) mass is 298 g/mol. The SMILES string of the molecule is CCC(=O)c1sc(N(C)CC2CCC2)c(SC)c1N. The van der Waals surface area contributed by atoms with E-state index >= 15 is 0 Å². The second-order valence-electron chi connectivity index (χ2n) is 5.14. The summed E-state index contributed by atoms with van der Waals surface area (Å²) in [5.74, 6) is 0.967. The number of hydrogen-bond donors (Lipinski definition) is 1. The van der Waals surface area contributed by atoms with E-state index in [9.17, 15) is 4.79 Å². The number of nitrogens with two attached hydrogens (primary N) is 1. The highest BCUT2D eigenvalue weighted by Crippen LogP contribution is 2.44. The minimum Gasteiger partial charge on any atom is -0.396 e. The van der Waals surface area contributed by atoms with Gasteiger partial charge in [0.15, 0.2) is 5.78 Å². The van der Waals surface area contributed by atoms with E-state index in [0.717, 1.165) is 27.2 Å². The molecule has 0 unspecified atom stereocenters. The van der Waals surface area contributed by atoms with Gasteiger partial charge in [-0.2, -0.15) is 0 Å². The first-order chi connectivity index (χ1) is 9.08. The van der Waals surface area contributed by atoms with Crippen molar-refractivity contribution in [3.63, 3.8) is 0 Å². The van der Waals surface area contributed by atoms with Crippen molar-refractivity contribution >= 4 is 39.6 Å². The first kappa shape index (κ1) is 14.7. The zero-order valence-corrected chi connectivity index (χ0v) is 13.5. The van der Waals surface area contributed by atoms with Crippen LogP contribution in [0.3, 0.4) is 0 Å². The molecule has 3 nitrogen and oxygen atoms in total. The largest absolute Gasteiger partial charge is 0.396 e. The van der Waals surface area contributed by atoms with Gasteiger partial charge < -0.3 is 10.6 Å². The lowest BCUT2D eigenvalue weighted by Crippen LogP contribution is -2.29.